The van der Waals surface area contributed by atoms with E-state index in [1.54, 1.807) is 0 Å². The van der Waals surface area contributed by atoms with Gasteiger partial charge in [0.05, 0.1) is 32.6 Å². The van der Waals surface area contributed by atoms with E-state index in [1.807, 2.05) is 11.3 Å². The SMILES string of the molecule is c1ccc(-c2ccc3c(oc4ccccc43)c2N2c3cc4c(cc3B3c5cc6c(cc5N(c5c(-c7ccccc7)ccc7c5oc5ccccc57)c5c3c2cc2c5sc3ccccc32)C(c2ccccc2)(c2ccccc2)c2ccccc2-6)-c2ccccc2C4(c2ccccc2)c2ccccc2)cc1. The third-order valence-electron chi connectivity index (χ3n) is 23.4. The molecule has 104 heavy (non-hydrogen) atoms. The van der Waals surface area contributed by atoms with E-state index in [9.17, 15) is 0 Å². The first-order valence-electron chi connectivity index (χ1n) is 36.0. The number of anilines is 6. The molecule has 0 radical (unpaired) electrons. The molecular weight excluding hydrogens is 1280 g/mol. The summed E-state index contributed by atoms with van der Waals surface area (Å²) in [6.07, 6.45) is 0. The first-order chi connectivity index (χ1) is 51.6. The summed E-state index contributed by atoms with van der Waals surface area (Å²) in [7, 11) is 0. The summed E-state index contributed by atoms with van der Waals surface area (Å²) in [6.45, 7) is -0.362. The molecule has 4 aliphatic rings. The fourth-order valence-electron chi connectivity index (χ4n) is 19.3. The highest BCUT2D eigenvalue weighted by Gasteiger charge is 2.54. The van der Waals surface area contributed by atoms with Crippen LogP contribution in [0, 0.1) is 0 Å². The van der Waals surface area contributed by atoms with Gasteiger partial charge in [-0.2, -0.15) is 0 Å². The van der Waals surface area contributed by atoms with Gasteiger partial charge in [0.25, 0.3) is 6.71 Å². The number of thiophene rings is 1. The van der Waals surface area contributed by atoms with Gasteiger partial charge in [-0.1, -0.05) is 309 Å². The third kappa shape index (κ3) is 7.66. The van der Waals surface area contributed by atoms with Gasteiger partial charge in [0, 0.05) is 65.2 Å². The lowest BCUT2D eigenvalue weighted by atomic mass is 9.33. The Bertz CT molecular complexity index is 6700. The smallest absolute Gasteiger partial charge is 0.252 e. The van der Waals surface area contributed by atoms with Crippen molar-refractivity contribution in [2.24, 2.45) is 0 Å². The van der Waals surface area contributed by atoms with Gasteiger partial charge in [-0.25, -0.2) is 0 Å². The van der Waals surface area contributed by atoms with E-state index >= 15 is 0 Å². The average Bonchev–Trinajstić information content (AvgIpc) is 1.56. The van der Waals surface area contributed by atoms with Crippen molar-refractivity contribution in [3.63, 3.8) is 0 Å². The van der Waals surface area contributed by atoms with Crippen LogP contribution in [0.3, 0.4) is 0 Å². The van der Waals surface area contributed by atoms with Gasteiger partial charge in [0.2, 0.25) is 0 Å². The Balaban J connectivity index is 0.958. The number of para-hydroxylation sites is 2. The molecule has 2 aliphatic heterocycles. The van der Waals surface area contributed by atoms with Crippen LogP contribution in [-0.2, 0) is 10.8 Å². The van der Waals surface area contributed by atoms with Crippen molar-refractivity contribution in [1.29, 1.82) is 0 Å². The standard InChI is InChI=1S/C98H59BN2O2S/c1-7-29-60(30-8-1)66-51-53-73-70-43-21-26-48-87(70)102-94(73)91(66)100-84-58-80-75(68-41-19-24-46-78(68)97(80,62-33-11-3-12-34-62)63-35-13-4-14-36-63)55-82(84)99-83-56-76-69-42-20-25-47-79(69)98(64-37-15-5-16-38-64,65-39-17-6-18-40-65)81(76)59-85(83)101(93-90(99)86(100)57-77-72-45-23-28-50-89(72)104-96(77)93)92-67(61-31-9-2-10-32-61)52-54-74-71-44-22-27-49-88(71)103-95(74)92/h1-59H. The topological polar surface area (TPSA) is 32.8 Å². The van der Waals surface area contributed by atoms with E-state index in [1.165, 1.54) is 103 Å². The molecule has 2 aliphatic carbocycles. The van der Waals surface area contributed by atoms with Crippen molar-refractivity contribution in [2.45, 2.75) is 10.8 Å². The van der Waals surface area contributed by atoms with Gasteiger partial charge in [-0.05, 0) is 143 Å². The van der Waals surface area contributed by atoms with Crippen LogP contribution in [0.4, 0.5) is 34.1 Å². The minimum atomic E-state index is -0.735. The fourth-order valence-corrected chi connectivity index (χ4v) is 20.5. The van der Waals surface area contributed by atoms with Gasteiger partial charge < -0.3 is 18.6 Å². The highest BCUT2D eigenvalue weighted by atomic mass is 32.1. The van der Waals surface area contributed by atoms with E-state index in [2.05, 4.69) is 368 Å². The Hall–Kier alpha value is -13.0. The largest absolute Gasteiger partial charge is 0.454 e. The number of hydrogen-bond donors (Lipinski definition) is 0. The van der Waals surface area contributed by atoms with E-state index in [-0.39, 0.29) is 6.71 Å². The van der Waals surface area contributed by atoms with Crippen LogP contribution in [0.25, 0.3) is 109 Å². The number of rotatable bonds is 8. The molecule has 0 unspecified atom stereocenters. The highest BCUT2D eigenvalue weighted by molar-refractivity contribution is 7.26. The van der Waals surface area contributed by atoms with Crippen molar-refractivity contribution in [2.75, 3.05) is 9.80 Å². The second-order valence-electron chi connectivity index (χ2n) is 28.3. The molecular formula is C98H59BN2O2S. The van der Waals surface area contributed by atoms with Gasteiger partial charge in [0.1, 0.15) is 11.2 Å². The first kappa shape index (κ1) is 57.7. The molecule has 6 heteroatoms. The van der Waals surface area contributed by atoms with Crippen LogP contribution < -0.4 is 26.2 Å². The minimum Gasteiger partial charge on any atom is -0.454 e. The summed E-state index contributed by atoms with van der Waals surface area (Å²) >= 11 is 1.90. The lowest BCUT2D eigenvalue weighted by molar-refractivity contribution is 0.669. The van der Waals surface area contributed by atoms with Gasteiger partial charge >= 0.3 is 0 Å². The molecule has 0 atom stereocenters. The van der Waals surface area contributed by atoms with Gasteiger partial charge in [0.15, 0.2) is 11.2 Å². The van der Waals surface area contributed by atoms with E-state index in [0.717, 1.165) is 100 Å². The number of hydrogen-bond acceptors (Lipinski definition) is 5. The molecule has 23 rings (SSSR count). The van der Waals surface area contributed by atoms with Crippen LogP contribution in [0.5, 0.6) is 0 Å². The fraction of sp³-hybridized carbons (Fsp3) is 0.0204. The molecule has 0 bridgehead atoms. The van der Waals surface area contributed by atoms with Crippen LogP contribution in [0.15, 0.2) is 367 Å². The lowest BCUT2D eigenvalue weighted by Crippen LogP contribution is -2.61. The molecule has 3 aromatic heterocycles. The van der Waals surface area contributed by atoms with E-state index < -0.39 is 10.8 Å². The molecule has 0 saturated carbocycles. The Morgan fingerprint density at radius 2 is 0.663 bits per heavy atom. The Morgan fingerprint density at radius 3 is 1.14 bits per heavy atom. The maximum Gasteiger partial charge on any atom is 0.252 e. The number of nitrogens with zero attached hydrogens (tertiary/aromatic N) is 2. The predicted octanol–water partition coefficient (Wildman–Crippen LogP) is 24.0. The molecule has 5 heterocycles. The van der Waals surface area contributed by atoms with Crippen molar-refractivity contribution < 1.29 is 8.83 Å². The zero-order chi connectivity index (χ0) is 67.9. The van der Waals surface area contributed by atoms with Crippen molar-refractivity contribution in [3.05, 3.63) is 402 Å². The van der Waals surface area contributed by atoms with E-state index in [4.69, 9.17) is 8.83 Å². The molecule has 0 amide bonds. The average molecular weight is 1340 g/mol. The summed E-state index contributed by atoms with van der Waals surface area (Å²) in [6, 6.07) is 134. The summed E-state index contributed by atoms with van der Waals surface area (Å²) in [4.78, 5) is 5.39. The molecule has 0 fully saturated rings. The second kappa shape index (κ2) is 21.8. The molecule has 0 saturated heterocycles. The maximum atomic E-state index is 7.62. The van der Waals surface area contributed by atoms with Crippen LogP contribution in [-0.4, -0.2) is 6.71 Å². The summed E-state index contributed by atoms with van der Waals surface area (Å²) in [5, 5.41) is 6.61. The Labute approximate surface area is 604 Å². The van der Waals surface area contributed by atoms with Gasteiger partial charge in [-0.3, -0.25) is 0 Å². The lowest BCUT2D eigenvalue weighted by Gasteiger charge is -2.46. The van der Waals surface area contributed by atoms with Crippen LogP contribution in [0.1, 0.15) is 44.5 Å². The zero-order valence-electron chi connectivity index (χ0n) is 56.3. The third-order valence-corrected chi connectivity index (χ3v) is 24.6. The number of benzene rings is 16. The Morgan fingerprint density at radius 1 is 0.269 bits per heavy atom. The number of fused-ring (bicyclic) bond motifs is 20. The second-order valence-corrected chi connectivity index (χ2v) is 29.4. The molecule has 0 spiro atoms. The predicted molar refractivity (Wildman–Crippen MR) is 433 cm³/mol. The maximum absolute atomic E-state index is 7.62. The first-order valence-corrected chi connectivity index (χ1v) is 36.8. The minimum absolute atomic E-state index is 0.362. The molecule has 19 aromatic rings. The summed E-state index contributed by atoms with van der Waals surface area (Å²) in [5.74, 6) is 0. The molecule has 482 valence electrons. The van der Waals surface area contributed by atoms with E-state index in [0.29, 0.717) is 0 Å². The normalized spacial score (nSPS) is 14.1. The number of furan rings is 2. The van der Waals surface area contributed by atoms with Crippen molar-refractivity contribution >= 4 is 133 Å². The molecule has 4 nitrogen and oxygen atoms in total. The van der Waals surface area contributed by atoms with Crippen LogP contribution in [0.2, 0.25) is 0 Å². The monoisotopic (exact) mass is 1340 g/mol. The van der Waals surface area contributed by atoms with Crippen LogP contribution >= 0.6 is 11.3 Å². The zero-order valence-corrected chi connectivity index (χ0v) is 57.1. The summed E-state index contributed by atoms with van der Waals surface area (Å²) in [5.41, 5.74) is 30.8. The van der Waals surface area contributed by atoms with Crippen molar-refractivity contribution in [3.8, 4) is 44.5 Å². The van der Waals surface area contributed by atoms with Gasteiger partial charge in [-0.15, -0.1) is 11.3 Å². The van der Waals surface area contributed by atoms with Crippen molar-refractivity contribution in [1.82, 2.24) is 0 Å². The quantitative estimate of drug-likeness (QED) is 0.142. The molecule has 0 N–H and O–H groups in total. The summed E-state index contributed by atoms with van der Waals surface area (Å²) < 4.78 is 17.6. The highest BCUT2D eigenvalue weighted by Crippen LogP contribution is 2.63. The Kier molecular flexibility index (Phi) is 12.1. The molecule has 16 aromatic carbocycles.